The lowest BCUT2D eigenvalue weighted by Gasteiger charge is -2.18. The number of hydrogen-bond donors (Lipinski definition) is 0. The van der Waals surface area contributed by atoms with Crippen LogP contribution in [-0.4, -0.2) is 13.4 Å². The molecule has 5 heterocycles. The molecule has 0 saturated heterocycles. The first-order chi connectivity index (χ1) is 22.0. The minimum atomic E-state index is -0.0279. The van der Waals surface area contributed by atoms with Crippen molar-refractivity contribution in [3.05, 3.63) is 127 Å². The second-order valence-electron chi connectivity index (χ2n) is 13.8. The number of aromatic nitrogens is 3. The van der Waals surface area contributed by atoms with E-state index >= 15 is 0 Å². The van der Waals surface area contributed by atoms with E-state index in [4.69, 9.17) is 0 Å². The van der Waals surface area contributed by atoms with Gasteiger partial charge in [-0.05, 0) is 48.5 Å². The summed E-state index contributed by atoms with van der Waals surface area (Å²) in [6.07, 6.45) is 0. The van der Waals surface area contributed by atoms with Crippen LogP contribution in [0.2, 0.25) is 0 Å². The largest absolute Gasteiger partial charge is 0.312 e. The van der Waals surface area contributed by atoms with Crippen LogP contribution >= 0.6 is 0 Å². The molecule has 11 aromatic rings. The molecule has 3 nitrogen and oxygen atoms in total. The summed E-state index contributed by atoms with van der Waals surface area (Å²) in [5.74, 6) is 0. The van der Waals surface area contributed by atoms with Crippen molar-refractivity contribution in [1.82, 2.24) is 13.4 Å². The van der Waals surface area contributed by atoms with Crippen LogP contribution in [0, 0.1) is 0 Å². The highest BCUT2D eigenvalue weighted by molar-refractivity contribution is 6.32. The lowest BCUT2D eigenvalue weighted by Crippen LogP contribution is -2.13. The number of para-hydroxylation sites is 4. The Kier molecular flexibility index (Phi) is 4.11. The maximum Gasteiger partial charge on any atom is 0.0641 e. The van der Waals surface area contributed by atoms with Crippen molar-refractivity contribution >= 4 is 87.1 Å². The predicted octanol–water partition coefficient (Wildman–Crippen LogP) is 11.2. The van der Waals surface area contributed by atoms with Gasteiger partial charge < -0.3 is 13.4 Å². The zero-order valence-corrected chi connectivity index (χ0v) is 25.4. The Labute approximate surface area is 258 Å². The Morgan fingerprint density at radius 2 is 1.04 bits per heavy atom. The van der Waals surface area contributed by atoms with Crippen LogP contribution < -0.4 is 0 Å². The van der Waals surface area contributed by atoms with Gasteiger partial charge in [0.2, 0.25) is 0 Å². The molecule has 11 rings (SSSR count). The molecule has 0 saturated carbocycles. The summed E-state index contributed by atoms with van der Waals surface area (Å²) >= 11 is 0. The van der Waals surface area contributed by atoms with Gasteiger partial charge in [-0.15, -0.1) is 0 Å². The highest BCUT2D eigenvalue weighted by Gasteiger charge is 2.28. The monoisotopic (exact) mass is 575 g/mol. The van der Waals surface area contributed by atoms with Gasteiger partial charge in [-0.2, -0.15) is 0 Å². The molecule has 0 aliphatic carbocycles. The summed E-state index contributed by atoms with van der Waals surface area (Å²) in [6, 6.07) is 45.3. The highest BCUT2D eigenvalue weighted by Crippen LogP contribution is 2.48. The van der Waals surface area contributed by atoms with E-state index in [2.05, 4.69) is 155 Å². The van der Waals surface area contributed by atoms with Crippen molar-refractivity contribution in [2.24, 2.45) is 0 Å². The molecular formula is C42H29N3. The van der Waals surface area contributed by atoms with E-state index in [1.807, 2.05) is 0 Å². The van der Waals surface area contributed by atoms with Crippen LogP contribution in [0.1, 0.15) is 26.5 Å². The molecule has 0 N–H and O–H groups in total. The summed E-state index contributed by atoms with van der Waals surface area (Å²) in [7, 11) is 0. The third-order valence-electron chi connectivity index (χ3n) is 10.4. The standard InChI is InChI=1S/C42H29N3/c1-42(2,3)37-21-24-20-31-27-15-8-9-18-33(27)43(25-12-5-4-6-13-25)41(31)38-32-23-35-30(22-36(32)45(37)39(24)38)29-17-11-16-28-26-14-7-10-19-34(26)44(35)40(28)29/h4-23H,1-3H3. The maximum absolute atomic E-state index is 2.58. The van der Waals surface area contributed by atoms with Gasteiger partial charge in [-0.3, -0.25) is 0 Å². The van der Waals surface area contributed by atoms with E-state index in [0.717, 1.165) is 0 Å². The Morgan fingerprint density at radius 3 is 1.82 bits per heavy atom. The van der Waals surface area contributed by atoms with Crippen molar-refractivity contribution in [1.29, 1.82) is 0 Å². The lowest BCUT2D eigenvalue weighted by atomic mass is 9.92. The Morgan fingerprint density at radius 1 is 0.422 bits per heavy atom. The number of benzene rings is 6. The fourth-order valence-corrected chi connectivity index (χ4v) is 8.57. The van der Waals surface area contributed by atoms with Crippen LogP contribution in [0.25, 0.3) is 92.8 Å². The molecule has 6 aromatic carbocycles. The van der Waals surface area contributed by atoms with E-state index in [1.54, 1.807) is 0 Å². The van der Waals surface area contributed by atoms with E-state index in [0.29, 0.717) is 0 Å². The van der Waals surface area contributed by atoms with E-state index in [9.17, 15) is 0 Å². The Hall–Kier alpha value is -5.54. The lowest BCUT2D eigenvalue weighted by molar-refractivity contribution is 0.567. The number of fused-ring (bicyclic) bond motifs is 13. The van der Waals surface area contributed by atoms with Gasteiger partial charge in [-0.25, -0.2) is 0 Å². The first-order valence-corrected chi connectivity index (χ1v) is 15.9. The van der Waals surface area contributed by atoms with Gasteiger partial charge >= 0.3 is 0 Å². The number of rotatable bonds is 1. The van der Waals surface area contributed by atoms with Crippen molar-refractivity contribution in [3.63, 3.8) is 0 Å². The first-order valence-electron chi connectivity index (χ1n) is 15.9. The summed E-state index contributed by atoms with van der Waals surface area (Å²) in [5, 5.41) is 11.8. The molecule has 0 aliphatic heterocycles. The predicted molar refractivity (Wildman–Crippen MR) is 191 cm³/mol. The van der Waals surface area contributed by atoms with Crippen molar-refractivity contribution in [3.8, 4) is 5.69 Å². The van der Waals surface area contributed by atoms with Crippen LogP contribution in [0.3, 0.4) is 0 Å². The molecule has 5 aromatic heterocycles. The number of hydrogen-bond acceptors (Lipinski definition) is 0. The molecule has 45 heavy (non-hydrogen) atoms. The molecular weight excluding hydrogens is 546 g/mol. The molecule has 0 bridgehead atoms. The normalized spacial score (nSPS) is 13.2. The zero-order valence-electron chi connectivity index (χ0n) is 25.4. The van der Waals surface area contributed by atoms with E-state index < -0.39 is 0 Å². The maximum atomic E-state index is 2.58. The minimum absolute atomic E-state index is 0.0279. The van der Waals surface area contributed by atoms with Crippen LogP contribution in [-0.2, 0) is 5.41 Å². The topological polar surface area (TPSA) is 13.8 Å². The quantitative estimate of drug-likeness (QED) is 0.185. The molecule has 0 unspecified atom stereocenters. The third-order valence-corrected chi connectivity index (χ3v) is 10.4. The molecule has 0 atom stereocenters. The zero-order chi connectivity index (χ0) is 29.8. The van der Waals surface area contributed by atoms with Gasteiger partial charge in [0.25, 0.3) is 0 Å². The second-order valence-corrected chi connectivity index (χ2v) is 13.8. The molecule has 0 amide bonds. The summed E-state index contributed by atoms with van der Waals surface area (Å²) in [5.41, 5.74) is 11.5. The summed E-state index contributed by atoms with van der Waals surface area (Å²) in [4.78, 5) is 0. The average Bonchev–Trinajstić information content (AvgIpc) is 3.84. The Balaban J connectivity index is 1.46. The van der Waals surface area contributed by atoms with Crippen molar-refractivity contribution < 1.29 is 0 Å². The molecule has 0 fully saturated rings. The molecule has 0 radical (unpaired) electrons. The molecule has 3 heteroatoms. The van der Waals surface area contributed by atoms with Gasteiger partial charge in [-0.1, -0.05) is 93.6 Å². The van der Waals surface area contributed by atoms with Crippen LogP contribution in [0.5, 0.6) is 0 Å². The second kappa shape index (κ2) is 7.75. The highest BCUT2D eigenvalue weighted by atomic mass is 15.0. The average molecular weight is 576 g/mol. The van der Waals surface area contributed by atoms with E-state index in [1.165, 1.54) is 98.5 Å². The van der Waals surface area contributed by atoms with Gasteiger partial charge in [0.05, 0.1) is 38.6 Å². The summed E-state index contributed by atoms with van der Waals surface area (Å²) in [6.45, 7) is 7.02. The number of nitrogens with zero attached hydrogens (tertiary/aromatic N) is 3. The van der Waals surface area contributed by atoms with Crippen LogP contribution in [0.15, 0.2) is 121 Å². The van der Waals surface area contributed by atoms with E-state index in [-0.39, 0.29) is 5.41 Å². The van der Waals surface area contributed by atoms with Crippen molar-refractivity contribution in [2.75, 3.05) is 0 Å². The molecule has 212 valence electrons. The molecule has 0 aliphatic rings. The molecule has 0 spiro atoms. The minimum Gasteiger partial charge on any atom is -0.312 e. The Bertz CT molecular complexity index is 3000. The summed E-state index contributed by atoms with van der Waals surface area (Å²) < 4.78 is 7.59. The fourth-order valence-electron chi connectivity index (χ4n) is 8.57. The van der Waals surface area contributed by atoms with Crippen LogP contribution in [0.4, 0.5) is 0 Å². The van der Waals surface area contributed by atoms with Gasteiger partial charge in [0.15, 0.2) is 0 Å². The fraction of sp³-hybridized carbons (Fsp3) is 0.0952. The van der Waals surface area contributed by atoms with Gasteiger partial charge in [0, 0.05) is 65.3 Å². The smallest absolute Gasteiger partial charge is 0.0641 e. The SMILES string of the molecule is CC(C)(C)c1cc2cc3c4ccccc4n(-c4ccccc4)c3c3c4cc5c(cc4n1c23)c1cccc2c3ccccc3n5c21. The first kappa shape index (κ1) is 23.9. The third kappa shape index (κ3) is 2.75. The van der Waals surface area contributed by atoms with Gasteiger partial charge in [0.1, 0.15) is 0 Å². The van der Waals surface area contributed by atoms with Crippen molar-refractivity contribution in [2.45, 2.75) is 26.2 Å².